The highest BCUT2D eigenvalue weighted by molar-refractivity contribution is 6.38. The fourth-order valence-electron chi connectivity index (χ4n) is 12.5. The van der Waals surface area contributed by atoms with Gasteiger partial charge in [-0.2, -0.15) is 5.26 Å². The molecular weight excluding hydrogens is 599 g/mol. The van der Waals surface area contributed by atoms with Crippen LogP contribution in [0.15, 0.2) is 66.7 Å². The summed E-state index contributed by atoms with van der Waals surface area (Å²) in [6.45, 7) is 13.9. The highest BCUT2D eigenvalue weighted by Gasteiger charge is 2.59. The van der Waals surface area contributed by atoms with E-state index in [-0.39, 0.29) is 27.4 Å². The van der Waals surface area contributed by atoms with Crippen LogP contribution in [-0.4, -0.2) is 14.6 Å². The number of nitriles is 1. The lowest BCUT2D eigenvalue weighted by atomic mass is 9.45. The van der Waals surface area contributed by atoms with Gasteiger partial charge < -0.3 is 8.80 Å². The van der Waals surface area contributed by atoms with Crippen molar-refractivity contribution in [2.45, 2.75) is 77.0 Å². The Labute approximate surface area is 283 Å². The third kappa shape index (κ3) is 2.67. The Hall–Kier alpha value is -5.14. The number of hydrogen-bond acceptors (Lipinski definition) is 2. The summed E-state index contributed by atoms with van der Waals surface area (Å²) in [4.78, 5) is 14.1. The van der Waals surface area contributed by atoms with Crippen LogP contribution in [0.25, 0.3) is 76.2 Å². The first-order chi connectivity index (χ1) is 23.4. The molecule has 0 atom stereocenters. The maximum atomic E-state index is 14.1. The fourth-order valence-corrected chi connectivity index (χ4v) is 12.5. The van der Waals surface area contributed by atoms with Gasteiger partial charge in [0.25, 0.3) is 0 Å². The molecule has 0 spiro atoms. The van der Waals surface area contributed by atoms with Crippen molar-refractivity contribution in [3.63, 3.8) is 0 Å². The standard InChI is InChI=1S/C45H35N3O/c1-42(2)19-43(3,4)38-35-32(14-22(18-46)37(38)42)48-31-17-28-29(44(5)20-45(6,21-44)41(28)49)15-26(31)27-16-33-34(36(35)40(27)48)25-12-9-11-24-23-10-7-8-13-30(23)47(33)39(24)25/h7-17H,19-21H2,1-6H3. The second-order valence-corrected chi connectivity index (χ2v) is 17.8. The van der Waals surface area contributed by atoms with Crippen molar-refractivity contribution < 1.29 is 4.79 Å². The SMILES string of the molecule is CC12CC(C)(C1)c1cc3c4cc5c(c6cccc7c8ccccc8n5c76)c5c6c7c(c(C#N)cc6n(c3cc1C2=O)c45)C(C)(C)CC7(C)C. The maximum absolute atomic E-state index is 14.1. The first-order valence-electron chi connectivity index (χ1n) is 17.8. The Balaban J connectivity index is 1.42. The zero-order valence-corrected chi connectivity index (χ0v) is 28.7. The molecule has 4 aliphatic rings. The van der Waals surface area contributed by atoms with Crippen LogP contribution in [0, 0.1) is 16.7 Å². The number of benzene rings is 5. The molecule has 0 aliphatic heterocycles. The zero-order valence-electron chi connectivity index (χ0n) is 28.7. The lowest BCUT2D eigenvalue weighted by Crippen LogP contribution is -2.55. The van der Waals surface area contributed by atoms with Gasteiger partial charge in [-0.25, -0.2) is 0 Å². The summed E-state index contributed by atoms with van der Waals surface area (Å²) in [6.07, 6.45) is 2.82. The van der Waals surface area contributed by atoms with E-state index in [0.717, 1.165) is 41.4 Å². The molecule has 13 rings (SSSR count). The van der Waals surface area contributed by atoms with Crippen LogP contribution in [0.3, 0.4) is 0 Å². The summed E-state index contributed by atoms with van der Waals surface area (Å²) in [7, 11) is 0. The third-order valence-electron chi connectivity index (χ3n) is 13.5. The largest absolute Gasteiger partial charge is 0.308 e. The van der Waals surface area contributed by atoms with E-state index in [4.69, 9.17) is 0 Å². The van der Waals surface area contributed by atoms with Crippen molar-refractivity contribution in [3.8, 4) is 6.07 Å². The number of carbonyl (C=O) groups excluding carboxylic acids is 1. The molecule has 4 aromatic heterocycles. The van der Waals surface area contributed by atoms with Crippen LogP contribution in [-0.2, 0) is 16.2 Å². The summed E-state index contributed by atoms with van der Waals surface area (Å²) < 4.78 is 4.94. The molecule has 5 aromatic carbocycles. The minimum atomic E-state index is -0.272. The molecule has 2 bridgehead atoms. The van der Waals surface area contributed by atoms with Gasteiger partial charge in [0.15, 0.2) is 5.78 Å². The van der Waals surface area contributed by atoms with E-state index in [1.807, 2.05) is 0 Å². The third-order valence-corrected chi connectivity index (χ3v) is 13.5. The summed E-state index contributed by atoms with van der Waals surface area (Å²) in [5, 5.41) is 20.9. The zero-order chi connectivity index (χ0) is 33.3. The van der Waals surface area contributed by atoms with E-state index >= 15 is 0 Å². The van der Waals surface area contributed by atoms with E-state index in [0.29, 0.717) is 0 Å². The number of hydrogen-bond donors (Lipinski definition) is 0. The number of fused-ring (bicyclic) bond motifs is 15. The molecule has 0 unspecified atom stereocenters. The monoisotopic (exact) mass is 633 g/mol. The summed E-state index contributed by atoms with van der Waals surface area (Å²) in [5.41, 5.74) is 12.0. The van der Waals surface area contributed by atoms with Crippen LogP contribution in [0.5, 0.6) is 0 Å². The van der Waals surface area contributed by atoms with E-state index in [1.165, 1.54) is 81.8 Å². The molecule has 0 radical (unpaired) electrons. The van der Waals surface area contributed by atoms with E-state index in [2.05, 4.69) is 123 Å². The summed E-state index contributed by atoms with van der Waals surface area (Å²) in [5.74, 6) is 0.289. The van der Waals surface area contributed by atoms with Crippen LogP contribution in [0.1, 0.15) is 93.4 Å². The molecule has 0 N–H and O–H groups in total. The van der Waals surface area contributed by atoms with E-state index < -0.39 is 0 Å². The van der Waals surface area contributed by atoms with E-state index in [1.54, 1.807) is 0 Å². The molecule has 0 amide bonds. The average Bonchev–Trinajstić information content (AvgIpc) is 3.80. The van der Waals surface area contributed by atoms with Crippen molar-refractivity contribution >= 4 is 82.0 Å². The molecule has 4 nitrogen and oxygen atoms in total. The van der Waals surface area contributed by atoms with Gasteiger partial charge in [0.2, 0.25) is 0 Å². The lowest BCUT2D eigenvalue weighted by Gasteiger charge is -2.57. The predicted octanol–water partition coefficient (Wildman–Crippen LogP) is 11.1. The normalized spacial score (nSPS) is 24.0. The lowest BCUT2D eigenvalue weighted by molar-refractivity contribution is 0.0280. The number of Topliss-reactive ketones (excluding diaryl/α,β-unsaturated/α-hetero) is 1. The Kier molecular flexibility index (Phi) is 4.11. The smallest absolute Gasteiger partial charge is 0.169 e. The van der Waals surface area contributed by atoms with Gasteiger partial charge in [-0.05, 0) is 82.5 Å². The molecule has 4 heterocycles. The van der Waals surface area contributed by atoms with Gasteiger partial charge in [-0.3, -0.25) is 4.79 Å². The highest BCUT2D eigenvalue weighted by Crippen LogP contribution is 2.63. The number of carbonyl (C=O) groups is 1. The van der Waals surface area contributed by atoms with Crippen LogP contribution >= 0.6 is 0 Å². The number of aromatic nitrogens is 2. The molecule has 4 heteroatoms. The fraction of sp³-hybridized carbons (Fsp3) is 0.289. The molecule has 49 heavy (non-hydrogen) atoms. The summed E-state index contributed by atoms with van der Waals surface area (Å²) in [6, 6.07) is 27.5. The molecule has 4 aliphatic carbocycles. The minimum absolute atomic E-state index is 0.0195. The van der Waals surface area contributed by atoms with Gasteiger partial charge in [0.1, 0.15) is 0 Å². The minimum Gasteiger partial charge on any atom is -0.308 e. The topological polar surface area (TPSA) is 49.7 Å². The Morgan fingerprint density at radius 1 is 0.592 bits per heavy atom. The van der Waals surface area contributed by atoms with Gasteiger partial charge in [0, 0.05) is 54.1 Å². The van der Waals surface area contributed by atoms with Gasteiger partial charge in [0.05, 0.1) is 44.7 Å². The first-order valence-corrected chi connectivity index (χ1v) is 17.8. The van der Waals surface area contributed by atoms with Gasteiger partial charge in [-0.15, -0.1) is 0 Å². The maximum Gasteiger partial charge on any atom is 0.169 e. The van der Waals surface area contributed by atoms with Crippen LogP contribution < -0.4 is 0 Å². The van der Waals surface area contributed by atoms with Crippen molar-refractivity contribution in [2.75, 3.05) is 0 Å². The quantitative estimate of drug-likeness (QED) is 0.167. The Morgan fingerprint density at radius 2 is 1.29 bits per heavy atom. The number of ketones is 1. The van der Waals surface area contributed by atoms with Crippen LogP contribution in [0.4, 0.5) is 0 Å². The highest BCUT2D eigenvalue weighted by atomic mass is 16.1. The molecule has 1 saturated carbocycles. The van der Waals surface area contributed by atoms with Gasteiger partial charge >= 0.3 is 0 Å². The second kappa shape index (κ2) is 7.53. The Bertz CT molecular complexity index is 3130. The number of nitrogens with zero attached hydrogens (tertiary/aromatic N) is 3. The molecule has 236 valence electrons. The van der Waals surface area contributed by atoms with Crippen molar-refractivity contribution in [2.24, 2.45) is 5.41 Å². The number of para-hydroxylation sites is 2. The Morgan fingerprint density at radius 3 is 2.08 bits per heavy atom. The molecule has 1 fully saturated rings. The van der Waals surface area contributed by atoms with Crippen molar-refractivity contribution in [3.05, 3.63) is 94.5 Å². The predicted molar refractivity (Wildman–Crippen MR) is 200 cm³/mol. The van der Waals surface area contributed by atoms with Crippen molar-refractivity contribution in [1.29, 1.82) is 5.26 Å². The average molecular weight is 634 g/mol. The second-order valence-electron chi connectivity index (χ2n) is 17.8. The molecular formula is C45H35N3O. The van der Waals surface area contributed by atoms with Crippen molar-refractivity contribution in [1.82, 2.24) is 8.80 Å². The van der Waals surface area contributed by atoms with Gasteiger partial charge in [-0.1, -0.05) is 77.9 Å². The molecule has 9 aromatic rings. The van der Waals surface area contributed by atoms with Crippen LogP contribution in [0.2, 0.25) is 0 Å². The first kappa shape index (κ1) is 26.8. The summed E-state index contributed by atoms with van der Waals surface area (Å²) >= 11 is 0. The molecule has 0 saturated heterocycles. The van der Waals surface area contributed by atoms with E-state index in [9.17, 15) is 10.1 Å². The number of rotatable bonds is 0.